The van der Waals surface area contributed by atoms with Gasteiger partial charge in [0.05, 0.1) is 6.07 Å². The fourth-order valence-electron chi connectivity index (χ4n) is 0.848. The van der Waals surface area contributed by atoms with Gasteiger partial charge in [0.15, 0.2) is 0 Å². The van der Waals surface area contributed by atoms with E-state index in [0.717, 1.165) is 0 Å². The highest BCUT2D eigenvalue weighted by molar-refractivity contribution is 7.87. The molecule has 70 valence electrons. The number of nitrogens with one attached hydrogen (secondary N) is 1. The molecule has 5 nitrogen and oxygen atoms in total. The van der Waals surface area contributed by atoms with Gasteiger partial charge in [0.25, 0.3) is 10.2 Å². The predicted molar refractivity (Wildman–Crippen MR) is 45.2 cm³/mol. The summed E-state index contributed by atoms with van der Waals surface area (Å²) < 4.78 is 23.4. The van der Waals surface area contributed by atoms with Crippen molar-refractivity contribution in [1.29, 1.82) is 5.26 Å². The molecule has 0 aromatic carbocycles. The molecule has 12 heavy (non-hydrogen) atoms. The lowest BCUT2D eigenvalue weighted by atomic mass is 9.97. The molecule has 0 amide bonds. The Hall–Kier alpha value is -0.640. The van der Waals surface area contributed by atoms with Crippen LogP contribution in [0.4, 0.5) is 0 Å². The van der Waals surface area contributed by atoms with Crippen LogP contribution in [0, 0.1) is 11.3 Å². The number of nitrogens with zero attached hydrogens (tertiary/aromatic N) is 1. The van der Waals surface area contributed by atoms with Crippen LogP contribution in [-0.2, 0) is 10.2 Å². The minimum atomic E-state index is -3.79. The molecule has 0 aliphatic carbocycles. The fourth-order valence-corrected chi connectivity index (χ4v) is 1.73. The molecule has 0 saturated carbocycles. The first-order valence-electron chi connectivity index (χ1n) is 3.62. The van der Waals surface area contributed by atoms with Crippen molar-refractivity contribution in [3.05, 3.63) is 0 Å². The lowest BCUT2D eigenvalue weighted by Gasteiger charge is -2.22. The molecule has 0 saturated heterocycles. The smallest absolute Gasteiger partial charge is 0.216 e. The molecule has 0 unspecified atom stereocenters. The molecule has 0 rings (SSSR count). The van der Waals surface area contributed by atoms with Crippen molar-refractivity contribution >= 4 is 10.2 Å². The Morgan fingerprint density at radius 1 is 1.50 bits per heavy atom. The SMILES string of the molecule is CCC(C#N)(CC)NS(N)(=O)=O. The maximum atomic E-state index is 10.6. The van der Waals surface area contributed by atoms with Gasteiger partial charge in [-0.15, -0.1) is 0 Å². The van der Waals surface area contributed by atoms with Crippen LogP contribution in [-0.4, -0.2) is 14.0 Å². The van der Waals surface area contributed by atoms with E-state index in [0.29, 0.717) is 12.8 Å². The van der Waals surface area contributed by atoms with Crippen molar-refractivity contribution < 1.29 is 8.42 Å². The van der Waals surface area contributed by atoms with Gasteiger partial charge in [0.2, 0.25) is 0 Å². The van der Waals surface area contributed by atoms with Gasteiger partial charge in [-0.2, -0.15) is 18.4 Å². The monoisotopic (exact) mass is 191 g/mol. The first-order valence-corrected chi connectivity index (χ1v) is 5.16. The minimum absolute atomic E-state index is 0.399. The topological polar surface area (TPSA) is 96.0 Å². The Bertz CT molecular complexity index is 274. The van der Waals surface area contributed by atoms with Gasteiger partial charge in [0, 0.05) is 0 Å². The summed E-state index contributed by atoms with van der Waals surface area (Å²) in [6, 6.07) is 1.90. The number of nitrogens with two attached hydrogens (primary N) is 1. The third-order valence-electron chi connectivity index (χ3n) is 1.76. The molecular weight excluding hydrogens is 178 g/mol. The summed E-state index contributed by atoms with van der Waals surface area (Å²) in [7, 11) is -3.79. The number of nitriles is 1. The van der Waals surface area contributed by atoms with Gasteiger partial charge >= 0.3 is 0 Å². The van der Waals surface area contributed by atoms with Crippen LogP contribution in [0.2, 0.25) is 0 Å². The summed E-state index contributed by atoms with van der Waals surface area (Å²) >= 11 is 0. The zero-order valence-electron chi connectivity index (χ0n) is 7.16. The second-order valence-electron chi connectivity index (χ2n) is 2.55. The van der Waals surface area contributed by atoms with Crippen LogP contribution in [0.3, 0.4) is 0 Å². The maximum Gasteiger partial charge on any atom is 0.275 e. The van der Waals surface area contributed by atoms with Crippen molar-refractivity contribution in [2.75, 3.05) is 0 Å². The average Bonchev–Trinajstić information content (AvgIpc) is 1.99. The van der Waals surface area contributed by atoms with Crippen molar-refractivity contribution in [2.45, 2.75) is 32.2 Å². The van der Waals surface area contributed by atoms with Crippen molar-refractivity contribution in [3.63, 3.8) is 0 Å². The van der Waals surface area contributed by atoms with E-state index in [2.05, 4.69) is 4.72 Å². The first kappa shape index (κ1) is 11.4. The predicted octanol–water partition coefficient (Wildman–Crippen LogP) is -0.138. The maximum absolute atomic E-state index is 10.6. The third-order valence-corrected chi connectivity index (χ3v) is 2.43. The van der Waals surface area contributed by atoms with E-state index >= 15 is 0 Å². The highest BCUT2D eigenvalue weighted by Gasteiger charge is 2.29. The summed E-state index contributed by atoms with van der Waals surface area (Å²) in [4.78, 5) is 0. The molecular formula is C6H13N3O2S. The Morgan fingerprint density at radius 3 is 2.00 bits per heavy atom. The molecule has 6 heteroatoms. The van der Waals surface area contributed by atoms with Crippen LogP contribution in [0.5, 0.6) is 0 Å². The van der Waals surface area contributed by atoms with E-state index in [-0.39, 0.29) is 0 Å². The Labute approximate surface area is 72.7 Å². The van der Waals surface area contributed by atoms with Crippen LogP contribution < -0.4 is 9.86 Å². The van der Waals surface area contributed by atoms with E-state index in [1.54, 1.807) is 13.8 Å². The van der Waals surface area contributed by atoms with Crippen molar-refractivity contribution in [1.82, 2.24) is 4.72 Å². The molecule has 0 heterocycles. The Balaban J connectivity index is 4.68. The van der Waals surface area contributed by atoms with Gasteiger partial charge in [-0.05, 0) is 12.8 Å². The second-order valence-corrected chi connectivity index (χ2v) is 3.84. The van der Waals surface area contributed by atoms with Crippen molar-refractivity contribution in [2.24, 2.45) is 5.14 Å². The third kappa shape index (κ3) is 3.17. The fraction of sp³-hybridized carbons (Fsp3) is 0.833. The first-order chi connectivity index (χ1) is 5.39. The lowest BCUT2D eigenvalue weighted by molar-refractivity contribution is 0.447. The van der Waals surface area contributed by atoms with E-state index in [9.17, 15) is 8.42 Å². The molecule has 0 fully saturated rings. The summed E-state index contributed by atoms with van der Waals surface area (Å²) in [5.74, 6) is 0. The quantitative estimate of drug-likeness (QED) is 0.647. The van der Waals surface area contributed by atoms with Gasteiger partial charge in [0.1, 0.15) is 5.54 Å². The molecule has 3 N–H and O–H groups in total. The summed E-state index contributed by atoms with van der Waals surface area (Å²) in [5, 5.41) is 13.5. The Morgan fingerprint density at radius 2 is 1.92 bits per heavy atom. The largest absolute Gasteiger partial charge is 0.275 e. The van der Waals surface area contributed by atoms with Gasteiger partial charge in [-0.1, -0.05) is 13.8 Å². The van der Waals surface area contributed by atoms with E-state index in [1.807, 2.05) is 6.07 Å². The van der Waals surface area contributed by atoms with Gasteiger partial charge in [-0.25, -0.2) is 5.14 Å². The molecule has 0 radical (unpaired) electrons. The molecule has 0 bridgehead atoms. The highest BCUT2D eigenvalue weighted by atomic mass is 32.2. The van der Waals surface area contributed by atoms with Crippen LogP contribution in [0.25, 0.3) is 0 Å². The van der Waals surface area contributed by atoms with Crippen LogP contribution in [0.1, 0.15) is 26.7 Å². The van der Waals surface area contributed by atoms with E-state index in [4.69, 9.17) is 10.4 Å². The molecule has 0 atom stereocenters. The molecule has 0 aromatic heterocycles. The standard InChI is InChI=1S/C6H13N3O2S/c1-3-6(4-2,5-7)9-12(8,10)11/h9H,3-4H2,1-2H3,(H2,8,10,11). The van der Waals surface area contributed by atoms with Gasteiger partial charge < -0.3 is 0 Å². The number of rotatable bonds is 4. The van der Waals surface area contributed by atoms with Gasteiger partial charge in [-0.3, -0.25) is 0 Å². The summed E-state index contributed by atoms with van der Waals surface area (Å²) in [6.07, 6.45) is 0.798. The summed E-state index contributed by atoms with van der Waals surface area (Å²) in [6.45, 7) is 3.45. The molecule has 0 aliphatic rings. The van der Waals surface area contributed by atoms with E-state index < -0.39 is 15.7 Å². The second kappa shape index (κ2) is 3.85. The normalized spacial score (nSPS) is 12.5. The Kier molecular flexibility index (Phi) is 3.64. The number of hydrogen-bond acceptors (Lipinski definition) is 3. The molecule has 0 spiro atoms. The average molecular weight is 191 g/mol. The van der Waals surface area contributed by atoms with Crippen molar-refractivity contribution in [3.8, 4) is 6.07 Å². The molecule has 0 aromatic rings. The highest BCUT2D eigenvalue weighted by Crippen LogP contribution is 2.13. The van der Waals surface area contributed by atoms with Crippen LogP contribution >= 0.6 is 0 Å². The molecule has 0 aliphatic heterocycles. The lowest BCUT2D eigenvalue weighted by Crippen LogP contribution is -2.49. The zero-order valence-corrected chi connectivity index (χ0v) is 7.98. The zero-order chi connectivity index (χ0) is 9.83. The van der Waals surface area contributed by atoms with Crippen LogP contribution in [0.15, 0.2) is 0 Å². The van der Waals surface area contributed by atoms with E-state index in [1.165, 1.54) is 0 Å². The minimum Gasteiger partial charge on any atom is -0.216 e. The summed E-state index contributed by atoms with van der Waals surface area (Å²) in [5.41, 5.74) is -1.05. The number of hydrogen-bond donors (Lipinski definition) is 2.